The molecule has 4 heteroatoms. The van der Waals surface area contributed by atoms with Gasteiger partial charge in [-0.3, -0.25) is 4.79 Å². The van der Waals surface area contributed by atoms with E-state index in [4.69, 9.17) is 0 Å². The van der Waals surface area contributed by atoms with E-state index in [-0.39, 0.29) is 11.8 Å². The van der Waals surface area contributed by atoms with Crippen molar-refractivity contribution in [2.75, 3.05) is 5.32 Å². The standard InChI is InChI=1S/C23H20N2OS/c1-15-13-19-20(14-16(15)2)27-23(24-19)25-22(26)21(17-9-5-3-6-10-17)18-11-7-4-8-12-18/h3-14,21H,1-2H3,(H,24,25,26). The first kappa shape index (κ1) is 17.4. The number of aryl methyl sites for hydroxylation is 2. The van der Waals surface area contributed by atoms with Crippen molar-refractivity contribution in [3.05, 3.63) is 95.1 Å². The topological polar surface area (TPSA) is 42.0 Å². The predicted octanol–water partition coefficient (Wildman–Crippen LogP) is 5.68. The van der Waals surface area contributed by atoms with E-state index in [0.29, 0.717) is 5.13 Å². The maximum atomic E-state index is 13.2. The molecule has 0 bridgehead atoms. The number of amides is 1. The third-order valence-electron chi connectivity index (χ3n) is 4.76. The van der Waals surface area contributed by atoms with E-state index in [1.807, 2.05) is 60.7 Å². The molecule has 0 atom stereocenters. The minimum absolute atomic E-state index is 0.0695. The van der Waals surface area contributed by atoms with Crippen LogP contribution in [0.15, 0.2) is 72.8 Å². The Morgan fingerprint density at radius 1 is 0.889 bits per heavy atom. The molecule has 1 heterocycles. The van der Waals surface area contributed by atoms with Gasteiger partial charge in [0.1, 0.15) is 0 Å². The zero-order valence-electron chi connectivity index (χ0n) is 15.3. The van der Waals surface area contributed by atoms with E-state index in [0.717, 1.165) is 21.3 Å². The highest BCUT2D eigenvalue weighted by atomic mass is 32.1. The van der Waals surface area contributed by atoms with Crippen LogP contribution in [0, 0.1) is 13.8 Å². The second-order valence-electron chi connectivity index (χ2n) is 6.67. The molecular formula is C23H20N2OS. The zero-order chi connectivity index (χ0) is 18.8. The molecule has 0 saturated heterocycles. The fraction of sp³-hybridized carbons (Fsp3) is 0.130. The first-order chi connectivity index (χ1) is 13.1. The molecule has 3 nitrogen and oxygen atoms in total. The Bertz CT molecular complexity index is 1010. The van der Waals surface area contributed by atoms with Crippen LogP contribution in [0.5, 0.6) is 0 Å². The molecule has 0 fully saturated rings. The van der Waals surface area contributed by atoms with Crippen molar-refractivity contribution < 1.29 is 4.79 Å². The predicted molar refractivity (Wildman–Crippen MR) is 112 cm³/mol. The molecule has 0 saturated carbocycles. The summed E-state index contributed by atoms with van der Waals surface area (Å²) in [5, 5.41) is 3.67. The molecule has 4 rings (SSSR count). The first-order valence-corrected chi connectivity index (χ1v) is 9.72. The highest BCUT2D eigenvalue weighted by molar-refractivity contribution is 7.22. The van der Waals surface area contributed by atoms with Crippen LogP contribution >= 0.6 is 11.3 Å². The SMILES string of the molecule is Cc1cc2nc(NC(=O)C(c3ccccc3)c3ccccc3)sc2cc1C. The Kier molecular flexibility index (Phi) is 4.73. The van der Waals surface area contributed by atoms with Crippen LogP contribution in [0.1, 0.15) is 28.2 Å². The molecule has 1 amide bonds. The summed E-state index contributed by atoms with van der Waals surface area (Å²) in [7, 11) is 0. The molecule has 1 aromatic heterocycles. The number of benzene rings is 3. The zero-order valence-corrected chi connectivity index (χ0v) is 16.1. The lowest BCUT2D eigenvalue weighted by molar-refractivity contribution is -0.116. The van der Waals surface area contributed by atoms with Crippen molar-refractivity contribution in [2.24, 2.45) is 0 Å². The molecule has 0 radical (unpaired) electrons. The molecule has 0 spiro atoms. The van der Waals surface area contributed by atoms with Gasteiger partial charge in [0.25, 0.3) is 0 Å². The number of hydrogen-bond donors (Lipinski definition) is 1. The summed E-state index contributed by atoms with van der Waals surface area (Å²) < 4.78 is 1.09. The van der Waals surface area contributed by atoms with Crippen molar-refractivity contribution in [3.8, 4) is 0 Å². The summed E-state index contributed by atoms with van der Waals surface area (Å²) in [5.74, 6) is -0.442. The molecular weight excluding hydrogens is 352 g/mol. The normalized spacial score (nSPS) is 11.1. The average molecular weight is 372 g/mol. The quantitative estimate of drug-likeness (QED) is 0.500. The molecule has 0 aliphatic heterocycles. The van der Waals surface area contributed by atoms with E-state index < -0.39 is 0 Å². The fourth-order valence-electron chi connectivity index (χ4n) is 3.20. The lowest BCUT2D eigenvalue weighted by Gasteiger charge is -2.16. The van der Waals surface area contributed by atoms with E-state index >= 15 is 0 Å². The summed E-state index contributed by atoms with van der Waals surface area (Å²) in [6.45, 7) is 4.17. The number of aromatic nitrogens is 1. The number of carbonyl (C=O) groups excluding carboxylic acids is 1. The number of thiazole rings is 1. The van der Waals surface area contributed by atoms with Gasteiger partial charge >= 0.3 is 0 Å². The van der Waals surface area contributed by atoms with Crippen LogP contribution in [-0.2, 0) is 4.79 Å². The van der Waals surface area contributed by atoms with Gasteiger partial charge < -0.3 is 5.32 Å². The van der Waals surface area contributed by atoms with Gasteiger partial charge in [-0.15, -0.1) is 0 Å². The van der Waals surface area contributed by atoms with Gasteiger partial charge in [0.15, 0.2) is 5.13 Å². The smallest absolute Gasteiger partial charge is 0.238 e. The molecule has 0 aliphatic carbocycles. The second-order valence-corrected chi connectivity index (χ2v) is 7.70. The minimum Gasteiger partial charge on any atom is -0.301 e. The number of nitrogens with zero attached hydrogens (tertiary/aromatic N) is 1. The summed E-state index contributed by atoms with van der Waals surface area (Å²) in [5.41, 5.74) is 5.30. The third kappa shape index (κ3) is 3.62. The van der Waals surface area contributed by atoms with E-state index in [1.54, 1.807) is 0 Å². The van der Waals surface area contributed by atoms with Gasteiger partial charge in [0.2, 0.25) is 5.91 Å². The number of nitrogens with one attached hydrogen (secondary N) is 1. The maximum Gasteiger partial charge on any atom is 0.238 e. The van der Waals surface area contributed by atoms with E-state index in [2.05, 4.69) is 36.3 Å². The van der Waals surface area contributed by atoms with Crippen LogP contribution in [0.25, 0.3) is 10.2 Å². The largest absolute Gasteiger partial charge is 0.301 e. The highest BCUT2D eigenvalue weighted by Gasteiger charge is 2.23. The second kappa shape index (κ2) is 7.33. The molecule has 0 unspecified atom stereocenters. The number of fused-ring (bicyclic) bond motifs is 1. The molecule has 1 N–H and O–H groups in total. The Labute approximate surface area is 162 Å². The van der Waals surface area contributed by atoms with Gasteiger partial charge in [-0.2, -0.15) is 0 Å². The van der Waals surface area contributed by atoms with Gasteiger partial charge in [-0.25, -0.2) is 4.98 Å². The van der Waals surface area contributed by atoms with Crippen LogP contribution in [0.3, 0.4) is 0 Å². The molecule has 3 aromatic carbocycles. The van der Waals surface area contributed by atoms with Crippen molar-refractivity contribution in [1.82, 2.24) is 4.98 Å². The van der Waals surface area contributed by atoms with E-state index in [1.165, 1.54) is 22.5 Å². The average Bonchev–Trinajstić information content (AvgIpc) is 3.05. The third-order valence-corrected chi connectivity index (χ3v) is 5.70. The van der Waals surface area contributed by atoms with Crippen LogP contribution < -0.4 is 5.32 Å². The lowest BCUT2D eigenvalue weighted by atomic mass is 9.90. The Hall–Kier alpha value is -2.98. The molecule has 0 aliphatic rings. The van der Waals surface area contributed by atoms with Gasteiger partial charge in [0, 0.05) is 0 Å². The van der Waals surface area contributed by atoms with Crippen molar-refractivity contribution in [1.29, 1.82) is 0 Å². The first-order valence-electron chi connectivity index (χ1n) is 8.90. The summed E-state index contributed by atoms with van der Waals surface area (Å²) in [6, 6.07) is 23.9. The van der Waals surface area contributed by atoms with E-state index in [9.17, 15) is 4.79 Å². The molecule has 27 heavy (non-hydrogen) atoms. The van der Waals surface area contributed by atoms with Crippen molar-refractivity contribution in [3.63, 3.8) is 0 Å². The molecule has 4 aromatic rings. The highest BCUT2D eigenvalue weighted by Crippen LogP contribution is 2.31. The van der Waals surface area contributed by atoms with Crippen molar-refractivity contribution in [2.45, 2.75) is 19.8 Å². The number of anilines is 1. The van der Waals surface area contributed by atoms with Gasteiger partial charge in [-0.05, 0) is 48.2 Å². The number of rotatable bonds is 4. The van der Waals surface area contributed by atoms with Crippen LogP contribution in [0.2, 0.25) is 0 Å². The number of carbonyl (C=O) groups is 1. The van der Waals surface area contributed by atoms with Gasteiger partial charge in [0.05, 0.1) is 16.1 Å². The minimum atomic E-state index is -0.372. The van der Waals surface area contributed by atoms with Crippen LogP contribution in [0.4, 0.5) is 5.13 Å². The van der Waals surface area contributed by atoms with Gasteiger partial charge in [-0.1, -0.05) is 72.0 Å². The van der Waals surface area contributed by atoms with Crippen LogP contribution in [-0.4, -0.2) is 10.9 Å². The Morgan fingerprint density at radius 3 is 2.04 bits per heavy atom. The fourth-order valence-corrected chi connectivity index (χ4v) is 4.15. The summed E-state index contributed by atoms with van der Waals surface area (Å²) in [6.07, 6.45) is 0. The monoisotopic (exact) mass is 372 g/mol. The summed E-state index contributed by atoms with van der Waals surface area (Å²) >= 11 is 1.51. The maximum absolute atomic E-state index is 13.2. The molecule has 134 valence electrons. The number of hydrogen-bond acceptors (Lipinski definition) is 3. The Balaban J connectivity index is 1.68. The lowest BCUT2D eigenvalue weighted by Crippen LogP contribution is -2.22. The summed E-state index contributed by atoms with van der Waals surface area (Å²) in [4.78, 5) is 17.8. The van der Waals surface area contributed by atoms with Crippen molar-refractivity contribution >= 4 is 32.6 Å². The Morgan fingerprint density at radius 2 is 1.44 bits per heavy atom.